The summed E-state index contributed by atoms with van der Waals surface area (Å²) in [6.07, 6.45) is 3.85. The van der Waals surface area contributed by atoms with Gasteiger partial charge in [-0.15, -0.1) is 0 Å². The summed E-state index contributed by atoms with van der Waals surface area (Å²) in [5.41, 5.74) is 0.845. The number of rotatable bonds is 5. The Morgan fingerprint density at radius 2 is 2.00 bits per heavy atom. The Morgan fingerprint density at radius 1 is 1.32 bits per heavy atom. The topological polar surface area (TPSA) is 72.2 Å². The summed E-state index contributed by atoms with van der Waals surface area (Å²) in [5, 5.41) is 14.0. The van der Waals surface area contributed by atoms with Gasteiger partial charge in [0.2, 0.25) is 0 Å². The van der Waals surface area contributed by atoms with Crippen LogP contribution in [0.25, 0.3) is 0 Å². The van der Waals surface area contributed by atoms with E-state index in [0.717, 1.165) is 11.8 Å². The van der Waals surface area contributed by atoms with Gasteiger partial charge in [0.05, 0.1) is 12.3 Å². The third-order valence-corrected chi connectivity index (χ3v) is 3.92. The normalized spacial score (nSPS) is 13.4. The Balaban J connectivity index is 1.98. The average Bonchev–Trinajstić information content (AvgIpc) is 2.86. The molecule has 0 bridgehead atoms. The molecule has 0 unspecified atom stereocenters. The zero-order valence-electron chi connectivity index (χ0n) is 10.6. The molecule has 1 aromatic heterocycles. The van der Waals surface area contributed by atoms with Crippen molar-refractivity contribution in [1.82, 2.24) is 9.78 Å². The summed E-state index contributed by atoms with van der Waals surface area (Å²) in [7, 11) is -3.22. The Labute approximate surface area is 112 Å². The van der Waals surface area contributed by atoms with Crippen molar-refractivity contribution in [2.45, 2.75) is 24.0 Å². The molecule has 1 atom stereocenters. The molecule has 0 saturated heterocycles. The quantitative estimate of drug-likeness (QED) is 0.899. The number of hydrogen-bond donors (Lipinski definition) is 1. The zero-order chi connectivity index (χ0) is 13.9. The van der Waals surface area contributed by atoms with E-state index in [-0.39, 0.29) is 4.90 Å². The molecule has 0 amide bonds. The smallest absolute Gasteiger partial charge is 0.178 e. The molecule has 1 heterocycles. The molecule has 5 nitrogen and oxygen atoms in total. The molecule has 102 valence electrons. The Hall–Kier alpha value is -1.66. The van der Waals surface area contributed by atoms with Gasteiger partial charge in [0.25, 0.3) is 0 Å². The lowest BCUT2D eigenvalue weighted by Gasteiger charge is -2.10. The third kappa shape index (κ3) is 3.65. The van der Waals surface area contributed by atoms with Gasteiger partial charge in [-0.3, -0.25) is 4.68 Å². The maximum Gasteiger partial charge on any atom is 0.178 e. The van der Waals surface area contributed by atoms with Crippen LogP contribution in [0, 0.1) is 0 Å². The average molecular weight is 280 g/mol. The molecule has 0 saturated carbocycles. The van der Waals surface area contributed by atoms with Gasteiger partial charge in [-0.25, -0.2) is 8.42 Å². The lowest BCUT2D eigenvalue weighted by molar-refractivity contribution is 0.159. The van der Waals surface area contributed by atoms with Crippen LogP contribution in [0.4, 0.5) is 0 Å². The SMILES string of the molecule is CS(=O)(=O)c1cnn(CC[C@@H](O)c2ccccc2)c1. The second-order valence-electron chi connectivity index (χ2n) is 4.43. The molecule has 6 heteroatoms. The van der Waals surface area contributed by atoms with Gasteiger partial charge in [0.1, 0.15) is 4.90 Å². The van der Waals surface area contributed by atoms with Crippen LogP contribution >= 0.6 is 0 Å². The number of aromatic nitrogens is 2. The standard InChI is InChI=1S/C13H16N2O3S/c1-19(17,18)12-9-14-15(10-12)8-7-13(16)11-5-3-2-4-6-11/h2-6,9-10,13,16H,7-8H2,1H3/t13-/m1/s1. The summed E-state index contributed by atoms with van der Waals surface area (Å²) >= 11 is 0. The van der Waals surface area contributed by atoms with Gasteiger partial charge in [0, 0.05) is 19.0 Å². The van der Waals surface area contributed by atoms with Crippen LogP contribution in [0.5, 0.6) is 0 Å². The highest BCUT2D eigenvalue weighted by atomic mass is 32.2. The second-order valence-corrected chi connectivity index (χ2v) is 6.44. The van der Waals surface area contributed by atoms with E-state index in [2.05, 4.69) is 5.10 Å². The predicted molar refractivity (Wildman–Crippen MR) is 71.4 cm³/mol. The summed E-state index contributed by atoms with van der Waals surface area (Å²) in [6, 6.07) is 9.34. The number of aryl methyl sites for hydroxylation is 1. The fourth-order valence-corrected chi connectivity index (χ4v) is 2.31. The van der Waals surface area contributed by atoms with Crippen LogP contribution in [-0.4, -0.2) is 29.6 Å². The molecule has 1 N–H and O–H groups in total. The van der Waals surface area contributed by atoms with Crippen LogP contribution < -0.4 is 0 Å². The summed E-state index contributed by atoms with van der Waals surface area (Å²) < 4.78 is 24.1. The van der Waals surface area contributed by atoms with Crippen molar-refractivity contribution < 1.29 is 13.5 Å². The highest BCUT2D eigenvalue weighted by Gasteiger charge is 2.11. The monoisotopic (exact) mass is 280 g/mol. The van der Waals surface area contributed by atoms with Gasteiger partial charge in [-0.2, -0.15) is 5.10 Å². The third-order valence-electron chi connectivity index (χ3n) is 2.85. The fraction of sp³-hybridized carbons (Fsp3) is 0.308. The first-order valence-electron chi connectivity index (χ1n) is 5.92. The van der Waals surface area contributed by atoms with E-state index in [1.807, 2.05) is 30.3 Å². The van der Waals surface area contributed by atoms with E-state index in [4.69, 9.17) is 0 Å². The highest BCUT2D eigenvalue weighted by Crippen LogP contribution is 2.17. The maximum atomic E-state index is 11.3. The second kappa shape index (κ2) is 5.54. The first-order chi connectivity index (χ1) is 8.97. The fourth-order valence-electron chi connectivity index (χ4n) is 1.75. The van der Waals surface area contributed by atoms with Crippen molar-refractivity contribution in [1.29, 1.82) is 0 Å². The molecule has 2 rings (SSSR count). The number of benzene rings is 1. The van der Waals surface area contributed by atoms with Crippen molar-refractivity contribution in [3.63, 3.8) is 0 Å². The van der Waals surface area contributed by atoms with Gasteiger partial charge in [-0.05, 0) is 12.0 Å². The molecule has 19 heavy (non-hydrogen) atoms. The maximum absolute atomic E-state index is 11.3. The van der Waals surface area contributed by atoms with Crippen molar-refractivity contribution >= 4 is 9.84 Å². The number of aliphatic hydroxyl groups is 1. The molecule has 0 aliphatic heterocycles. The minimum atomic E-state index is -3.22. The van der Waals surface area contributed by atoms with Crippen LogP contribution in [-0.2, 0) is 16.4 Å². The lowest BCUT2D eigenvalue weighted by Crippen LogP contribution is -2.05. The van der Waals surface area contributed by atoms with Crippen LogP contribution in [0.1, 0.15) is 18.1 Å². The number of aliphatic hydroxyl groups excluding tert-OH is 1. The number of hydrogen-bond acceptors (Lipinski definition) is 4. The van der Waals surface area contributed by atoms with E-state index in [9.17, 15) is 13.5 Å². The molecule has 0 spiro atoms. The minimum absolute atomic E-state index is 0.196. The first kappa shape index (κ1) is 13.8. The molecule has 2 aromatic rings. The van der Waals surface area contributed by atoms with Crippen molar-refractivity contribution in [2.75, 3.05) is 6.26 Å². The van der Waals surface area contributed by atoms with E-state index in [1.165, 1.54) is 17.1 Å². The Kier molecular flexibility index (Phi) is 4.01. The molecule has 1 aromatic carbocycles. The predicted octanol–water partition coefficient (Wildman–Crippen LogP) is 1.41. The van der Waals surface area contributed by atoms with E-state index >= 15 is 0 Å². The molecule has 0 aliphatic rings. The molecular formula is C13H16N2O3S. The van der Waals surface area contributed by atoms with Crippen molar-refractivity contribution in [2.24, 2.45) is 0 Å². The van der Waals surface area contributed by atoms with Gasteiger partial charge < -0.3 is 5.11 Å². The minimum Gasteiger partial charge on any atom is -0.388 e. The van der Waals surface area contributed by atoms with E-state index in [0.29, 0.717) is 13.0 Å². The van der Waals surface area contributed by atoms with Crippen molar-refractivity contribution in [3.8, 4) is 0 Å². The zero-order valence-corrected chi connectivity index (χ0v) is 11.4. The molecular weight excluding hydrogens is 264 g/mol. The van der Waals surface area contributed by atoms with Gasteiger partial charge in [0.15, 0.2) is 9.84 Å². The van der Waals surface area contributed by atoms with Crippen LogP contribution in [0.15, 0.2) is 47.6 Å². The lowest BCUT2D eigenvalue weighted by atomic mass is 10.1. The van der Waals surface area contributed by atoms with E-state index < -0.39 is 15.9 Å². The largest absolute Gasteiger partial charge is 0.388 e. The summed E-state index contributed by atoms with van der Waals surface area (Å²) in [5.74, 6) is 0. The molecule has 0 fully saturated rings. The van der Waals surface area contributed by atoms with E-state index in [1.54, 1.807) is 0 Å². The molecule has 0 aliphatic carbocycles. The number of nitrogens with zero attached hydrogens (tertiary/aromatic N) is 2. The van der Waals surface area contributed by atoms with Gasteiger partial charge in [-0.1, -0.05) is 30.3 Å². The number of sulfone groups is 1. The Morgan fingerprint density at radius 3 is 2.58 bits per heavy atom. The van der Waals surface area contributed by atoms with Crippen molar-refractivity contribution in [3.05, 3.63) is 48.3 Å². The molecule has 0 radical (unpaired) electrons. The van der Waals surface area contributed by atoms with Gasteiger partial charge >= 0.3 is 0 Å². The Bertz CT molecular complexity index is 635. The summed E-state index contributed by atoms with van der Waals surface area (Å²) in [4.78, 5) is 0.196. The van der Waals surface area contributed by atoms with Crippen LogP contribution in [0.3, 0.4) is 0 Å². The van der Waals surface area contributed by atoms with Crippen LogP contribution in [0.2, 0.25) is 0 Å². The highest BCUT2D eigenvalue weighted by molar-refractivity contribution is 7.90. The summed E-state index contributed by atoms with van der Waals surface area (Å²) in [6.45, 7) is 0.464. The first-order valence-corrected chi connectivity index (χ1v) is 7.81.